The van der Waals surface area contributed by atoms with Gasteiger partial charge in [0.15, 0.2) is 6.61 Å². The van der Waals surface area contributed by atoms with Crippen molar-refractivity contribution in [2.24, 2.45) is 0 Å². The lowest BCUT2D eigenvalue weighted by molar-refractivity contribution is -0.384. The monoisotopic (exact) mass is 225 g/mol. The smallest absolute Gasteiger partial charge is 0.341 e. The number of hydrogen-bond donors (Lipinski definition) is 1. The topological polar surface area (TPSA) is 89.7 Å². The summed E-state index contributed by atoms with van der Waals surface area (Å²) in [5.41, 5.74) is 0.593. The molecule has 1 N–H and O–H groups in total. The molecule has 0 spiro atoms. The number of aryl methyl sites for hydroxylation is 1. The zero-order valence-corrected chi connectivity index (χ0v) is 8.67. The van der Waals surface area contributed by atoms with Gasteiger partial charge in [0.25, 0.3) is 5.69 Å². The van der Waals surface area contributed by atoms with Crippen LogP contribution in [0.4, 0.5) is 5.69 Å². The van der Waals surface area contributed by atoms with Crippen LogP contribution < -0.4 is 4.74 Å². The molecule has 0 fully saturated rings. The van der Waals surface area contributed by atoms with Gasteiger partial charge in [-0.1, -0.05) is 6.92 Å². The Kier molecular flexibility index (Phi) is 3.82. The van der Waals surface area contributed by atoms with Crippen LogP contribution in [0, 0.1) is 10.1 Å². The average Bonchev–Trinajstić information content (AvgIpc) is 2.25. The van der Waals surface area contributed by atoms with Crippen LogP contribution in [0.25, 0.3) is 0 Å². The molecule has 16 heavy (non-hydrogen) atoms. The van der Waals surface area contributed by atoms with E-state index in [4.69, 9.17) is 9.84 Å². The summed E-state index contributed by atoms with van der Waals surface area (Å²) in [6.07, 6.45) is 0.538. The SMILES string of the molecule is CCc1cc([N+](=O)[O-])ccc1OCC(=O)O. The summed E-state index contributed by atoms with van der Waals surface area (Å²) in [4.78, 5) is 20.3. The van der Waals surface area contributed by atoms with Gasteiger partial charge in [0.2, 0.25) is 0 Å². The first-order valence-corrected chi connectivity index (χ1v) is 4.66. The lowest BCUT2D eigenvalue weighted by Crippen LogP contribution is -2.10. The largest absolute Gasteiger partial charge is 0.482 e. The summed E-state index contributed by atoms with van der Waals surface area (Å²) in [5.74, 6) is -0.712. The third kappa shape index (κ3) is 2.94. The van der Waals surface area contributed by atoms with Gasteiger partial charge in [-0.25, -0.2) is 4.79 Å². The fourth-order valence-corrected chi connectivity index (χ4v) is 1.24. The molecule has 0 aliphatic rings. The Morgan fingerprint density at radius 2 is 2.25 bits per heavy atom. The second-order valence-corrected chi connectivity index (χ2v) is 3.09. The van der Waals surface area contributed by atoms with Crippen molar-refractivity contribution in [1.29, 1.82) is 0 Å². The number of carboxylic acid groups (broad SMARTS) is 1. The van der Waals surface area contributed by atoms with Crippen molar-refractivity contribution in [2.45, 2.75) is 13.3 Å². The van der Waals surface area contributed by atoms with Crippen LogP contribution in [0.3, 0.4) is 0 Å². The number of carbonyl (C=O) groups is 1. The molecule has 0 aliphatic heterocycles. The van der Waals surface area contributed by atoms with Crippen molar-refractivity contribution in [1.82, 2.24) is 0 Å². The Bertz CT molecular complexity index is 416. The predicted octanol–water partition coefficient (Wildman–Crippen LogP) is 1.62. The van der Waals surface area contributed by atoms with Crippen LogP contribution in [0.1, 0.15) is 12.5 Å². The maximum absolute atomic E-state index is 10.5. The van der Waals surface area contributed by atoms with Crippen LogP contribution >= 0.6 is 0 Å². The molecule has 1 aromatic rings. The molecule has 0 heterocycles. The highest BCUT2D eigenvalue weighted by Gasteiger charge is 2.11. The molecule has 6 nitrogen and oxygen atoms in total. The Morgan fingerprint density at radius 1 is 1.56 bits per heavy atom. The highest BCUT2D eigenvalue weighted by molar-refractivity contribution is 5.68. The molecule has 0 saturated heterocycles. The number of carboxylic acids is 1. The Hall–Kier alpha value is -2.11. The van der Waals surface area contributed by atoms with Crippen molar-refractivity contribution in [3.63, 3.8) is 0 Å². The molecule has 0 bridgehead atoms. The van der Waals surface area contributed by atoms with Crippen molar-refractivity contribution in [3.05, 3.63) is 33.9 Å². The second kappa shape index (κ2) is 5.11. The molecule has 6 heteroatoms. The first kappa shape index (κ1) is 12.0. The molecule has 1 aromatic carbocycles. The van der Waals surface area contributed by atoms with Gasteiger partial charge in [0.1, 0.15) is 5.75 Å². The number of ether oxygens (including phenoxy) is 1. The van der Waals surface area contributed by atoms with E-state index in [0.29, 0.717) is 17.7 Å². The third-order valence-electron chi connectivity index (χ3n) is 1.99. The minimum absolute atomic E-state index is 0.0282. The van der Waals surface area contributed by atoms with E-state index in [2.05, 4.69) is 0 Å². The molecular weight excluding hydrogens is 214 g/mol. The number of rotatable bonds is 5. The molecule has 0 amide bonds. The predicted molar refractivity (Wildman–Crippen MR) is 55.6 cm³/mol. The van der Waals surface area contributed by atoms with E-state index in [0.717, 1.165) is 0 Å². The zero-order valence-electron chi connectivity index (χ0n) is 8.67. The summed E-state index contributed by atoms with van der Waals surface area (Å²) in [7, 11) is 0. The number of nitro groups is 1. The van der Waals surface area contributed by atoms with Gasteiger partial charge in [-0.15, -0.1) is 0 Å². The second-order valence-electron chi connectivity index (χ2n) is 3.09. The van der Waals surface area contributed by atoms with Crippen molar-refractivity contribution >= 4 is 11.7 Å². The van der Waals surface area contributed by atoms with Gasteiger partial charge in [-0.2, -0.15) is 0 Å². The lowest BCUT2D eigenvalue weighted by atomic mass is 10.1. The Labute approximate surface area is 91.6 Å². The van der Waals surface area contributed by atoms with E-state index >= 15 is 0 Å². The first-order valence-electron chi connectivity index (χ1n) is 4.66. The summed E-state index contributed by atoms with van der Waals surface area (Å²) in [6, 6.07) is 4.09. The maximum atomic E-state index is 10.5. The fourth-order valence-electron chi connectivity index (χ4n) is 1.24. The molecule has 0 aliphatic carbocycles. The molecular formula is C10H11NO5. The highest BCUT2D eigenvalue weighted by atomic mass is 16.6. The normalized spacial score (nSPS) is 9.81. The zero-order chi connectivity index (χ0) is 12.1. The van der Waals surface area contributed by atoms with Gasteiger partial charge in [-0.3, -0.25) is 10.1 Å². The van der Waals surface area contributed by atoms with E-state index in [9.17, 15) is 14.9 Å². The Morgan fingerprint density at radius 3 is 2.75 bits per heavy atom. The van der Waals surface area contributed by atoms with Crippen LogP contribution in [-0.4, -0.2) is 22.6 Å². The number of benzene rings is 1. The molecule has 86 valence electrons. The van der Waals surface area contributed by atoms with Gasteiger partial charge in [-0.05, 0) is 12.5 Å². The van der Waals surface area contributed by atoms with Crippen LogP contribution in [0.2, 0.25) is 0 Å². The van der Waals surface area contributed by atoms with Crippen molar-refractivity contribution < 1.29 is 19.6 Å². The lowest BCUT2D eigenvalue weighted by Gasteiger charge is -2.07. The number of non-ortho nitro benzene ring substituents is 1. The van der Waals surface area contributed by atoms with Crippen LogP contribution in [0.5, 0.6) is 5.75 Å². The summed E-state index contributed by atoms with van der Waals surface area (Å²) >= 11 is 0. The molecule has 0 saturated carbocycles. The minimum Gasteiger partial charge on any atom is -0.482 e. The van der Waals surface area contributed by atoms with E-state index in [1.165, 1.54) is 18.2 Å². The molecule has 0 radical (unpaired) electrons. The number of aliphatic carboxylic acids is 1. The minimum atomic E-state index is -1.08. The number of nitro benzene ring substituents is 1. The fraction of sp³-hybridized carbons (Fsp3) is 0.300. The summed E-state index contributed by atoms with van der Waals surface area (Å²) < 4.78 is 5.00. The average molecular weight is 225 g/mol. The third-order valence-corrected chi connectivity index (χ3v) is 1.99. The van der Waals surface area contributed by atoms with E-state index in [1.54, 1.807) is 0 Å². The van der Waals surface area contributed by atoms with Crippen molar-refractivity contribution in [2.75, 3.05) is 6.61 Å². The van der Waals surface area contributed by atoms with E-state index in [-0.39, 0.29) is 5.69 Å². The van der Waals surface area contributed by atoms with Crippen LogP contribution in [-0.2, 0) is 11.2 Å². The standard InChI is InChI=1S/C10H11NO5/c1-2-7-5-8(11(14)15)3-4-9(7)16-6-10(12)13/h3-5H,2,6H2,1H3,(H,12,13). The molecule has 0 unspecified atom stereocenters. The highest BCUT2D eigenvalue weighted by Crippen LogP contribution is 2.24. The number of nitrogens with zero attached hydrogens (tertiary/aromatic N) is 1. The van der Waals surface area contributed by atoms with Gasteiger partial charge in [0.05, 0.1) is 4.92 Å². The van der Waals surface area contributed by atoms with Crippen LogP contribution in [0.15, 0.2) is 18.2 Å². The van der Waals surface area contributed by atoms with Gasteiger partial charge < -0.3 is 9.84 Å². The summed E-state index contributed by atoms with van der Waals surface area (Å²) in [5, 5.41) is 19.0. The summed E-state index contributed by atoms with van der Waals surface area (Å²) in [6.45, 7) is 1.36. The quantitative estimate of drug-likeness (QED) is 0.607. The van der Waals surface area contributed by atoms with E-state index in [1.807, 2.05) is 6.92 Å². The van der Waals surface area contributed by atoms with E-state index < -0.39 is 17.5 Å². The molecule has 1 rings (SSSR count). The van der Waals surface area contributed by atoms with Gasteiger partial charge >= 0.3 is 5.97 Å². The molecule has 0 atom stereocenters. The van der Waals surface area contributed by atoms with Gasteiger partial charge in [0, 0.05) is 17.7 Å². The van der Waals surface area contributed by atoms with Crippen molar-refractivity contribution in [3.8, 4) is 5.75 Å². The Balaban J connectivity index is 2.93. The first-order chi connectivity index (χ1) is 7.54. The molecule has 0 aromatic heterocycles. The maximum Gasteiger partial charge on any atom is 0.341 e. The number of hydrogen-bond acceptors (Lipinski definition) is 4.